The first-order valence-corrected chi connectivity index (χ1v) is 7.13. The average Bonchev–Trinajstić information content (AvgIpc) is 2.37. The Morgan fingerprint density at radius 2 is 2.00 bits per heavy atom. The van der Waals surface area contributed by atoms with Crippen molar-refractivity contribution in [3.05, 3.63) is 34.9 Å². The highest BCUT2D eigenvalue weighted by Crippen LogP contribution is 2.32. The second kappa shape index (κ2) is 6.35. The third-order valence-electron chi connectivity index (χ3n) is 3.83. The lowest BCUT2D eigenvalue weighted by molar-refractivity contribution is -0.000325. The molecule has 1 heterocycles. The summed E-state index contributed by atoms with van der Waals surface area (Å²) in [5.74, 6) is 0. The number of aryl methyl sites for hydroxylation is 2. The summed E-state index contributed by atoms with van der Waals surface area (Å²) in [5.41, 5.74) is 4.12. The Balaban J connectivity index is 2.08. The summed E-state index contributed by atoms with van der Waals surface area (Å²) in [6.07, 6.45) is 3.72. The number of hydrogen-bond acceptors (Lipinski definition) is 2. The summed E-state index contributed by atoms with van der Waals surface area (Å²) in [7, 11) is 0. The van der Waals surface area contributed by atoms with Crippen molar-refractivity contribution in [2.24, 2.45) is 0 Å². The van der Waals surface area contributed by atoms with E-state index in [1.54, 1.807) is 0 Å². The standard InChI is InChI=1S/C16H25NO/c1-4-9-17-14-8-10-18-15(11-14)16-12(2)6-5-7-13(16)3/h5-7,14-15,17H,4,8-11H2,1-3H3. The summed E-state index contributed by atoms with van der Waals surface area (Å²) in [6.45, 7) is 8.59. The molecule has 2 unspecified atom stereocenters. The SMILES string of the molecule is CCCNC1CCOC(c2c(C)cccc2C)C1. The zero-order valence-electron chi connectivity index (χ0n) is 11.8. The molecule has 0 aliphatic carbocycles. The quantitative estimate of drug-likeness (QED) is 0.879. The molecular weight excluding hydrogens is 222 g/mol. The molecule has 0 amide bonds. The van der Waals surface area contributed by atoms with E-state index in [0.29, 0.717) is 6.04 Å². The highest BCUT2D eigenvalue weighted by atomic mass is 16.5. The Hall–Kier alpha value is -0.860. The number of benzene rings is 1. The maximum absolute atomic E-state index is 6.00. The Morgan fingerprint density at radius 3 is 2.67 bits per heavy atom. The molecule has 1 aromatic carbocycles. The van der Waals surface area contributed by atoms with Crippen LogP contribution < -0.4 is 5.32 Å². The molecule has 2 rings (SSSR count). The summed E-state index contributed by atoms with van der Waals surface area (Å²) < 4.78 is 6.00. The summed E-state index contributed by atoms with van der Waals surface area (Å²) in [5, 5.41) is 3.63. The number of ether oxygens (including phenoxy) is 1. The van der Waals surface area contributed by atoms with Crippen molar-refractivity contribution in [2.45, 2.75) is 52.2 Å². The predicted molar refractivity (Wildman–Crippen MR) is 75.9 cm³/mol. The van der Waals surface area contributed by atoms with E-state index in [2.05, 4.69) is 44.3 Å². The van der Waals surface area contributed by atoms with E-state index < -0.39 is 0 Å². The molecule has 0 spiro atoms. The van der Waals surface area contributed by atoms with Crippen LogP contribution >= 0.6 is 0 Å². The van der Waals surface area contributed by atoms with E-state index >= 15 is 0 Å². The van der Waals surface area contributed by atoms with Crippen molar-refractivity contribution in [1.29, 1.82) is 0 Å². The molecule has 0 bridgehead atoms. The zero-order valence-corrected chi connectivity index (χ0v) is 11.8. The second-order valence-corrected chi connectivity index (χ2v) is 5.34. The van der Waals surface area contributed by atoms with E-state index in [1.807, 2.05) is 0 Å². The van der Waals surface area contributed by atoms with Gasteiger partial charge in [-0.05, 0) is 56.3 Å². The van der Waals surface area contributed by atoms with Gasteiger partial charge in [0.25, 0.3) is 0 Å². The number of rotatable bonds is 4. The monoisotopic (exact) mass is 247 g/mol. The predicted octanol–water partition coefficient (Wildman–Crippen LogP) is 3.52. The van der Waals surface area contributed by atoms with Crippen LogP contribution in [0.5, 0.6) is 0 Å². The van der Waals surface area contributed by atoms with Crippen LogP contribution in [0.2, 0.25) is 0 Å². The van der Waals surface area contributed by atoms with E-state index in [4.69, 9.17) is 4.74 Å². The van der Waals surface area contributed by atoms with E-state index in [1.165, 1.54) is 23.1 Å². The fourth-order valence-corrected chi connectivity index (χ4v) is 2.87. The molecule has 1 saturated heterocycles. The van der Waals surface area contributed by atoms with Gasteiger partial charge in [0.2, 0.25) is 0 Å². The third kappa shape index (κ3) is 3.12. The maximum Gasteiger partial charge on any atom is 0.0844 e. The molecule has 1 fully saturated rings. The topological polar surface area (TPSA) is 21.3 Å². The largest absolute Gasteiger partial charge is 0.373 e. The van der Waals surface area contributed by atoms with Gasteiger partial charge in [-0.2, -0.15) is 0 Å². The Morgan fingerprint density at radius 1 is 1.28 bits per heavy atom. The first-order valence-electron chi connectivity index (χ1n) is 7.13. The van der Waals surface area contributed by atoms with Crippen molar-refractivity contribution < 1.29 is 4.74 Å². The van der Waals surface area contributed by atoms with Crippen LogP contribution in [0.15, 0.2) is 18.2 Å². The molecule has 0 aromatic heterocycles. The van der Waals surface area contributed by atoms with Crippen LogP contribution in [0.25, 0.3) is 0 Å². The molecule has 1 aliphatic heterocycles. The zero-order chi connectivity index (χ0) is 13.0. The van der Waals surface area contributed by atoms with Crippen molar-refractivity contribution in [3.8, 4) is 0 Å². The lowest BCUT2D eigenvalue weighted by Gasteiger charge is -2.32. The molecule has 0 saturated carbocycles. The first kappa shape index (κ1) is 13.6. The van der Waals surface area contributed by atoms with Gasteiger partial charge in [-0.3, -0.25) is 0 Å². The van der Waals surface area contributed by atoms with Crippen molar-refractivity contribution in [1.82, 2.24) is 5.32 Å². The molecule has 2 atom stereocenters. The van der Waals surface area contributed by atoms with Gasteiger partial charge in [0.05, 0.1) is 6.10 Å². The molecule has 0 radical (unpaired) electrons. The second-order valence-electron chi connectivity index (χ2n) is 5.34. The minimum absolute atomic E-state index is 0.273. The number of nitrogens with one attached hydrogen (secondary N) is 1. The molecule has 1 N–H and O–H groups in total. The van der Waals surface area contributed by atoms with Crippen LogP contribution in [-0.4, -0.2) is 19.2 Å². The van der Waals surface area contributed by atoms with Crippen molar-refractivity contribution in [3.63, 3.8) is 0 Å². The van der Waals surface area contributed by atoms with Gasteiger partial charge >= 0.3 is 0 Å². The fraction of sp³-hybridized carbons (Fsp3) is 0.625. The minimum atomic E-state index is 0.273. The molecule has 2 heteroatoms. The molecular formula is C16H25NO. The molecule has 100 valence electrons. The van der Waals surface area contributed by atoms with Gasteiger partial charge in [-0.1, -0.05) is 25.1 Å². The van der Waals surface area contributed by atoms with Crippen LogP contribution in [0, 0.1) is 13.8 Å². The fourth-order valence-electron chi connectivity index (χ4n) is 2.87. The summed E-state index contributed by atoms with van der Waals surface area (Å²) >= 11 is 0. The van der Waals surface area contributed by atoms with E-state index in [0.717, 1.165) is 26.0 Å². The third-order valence-corrected chi connectivity index (χ3v) is 3.83. The van der Waals surface area contributed by atoms with Gasteiger partial charge in [0.1, 0.15) is 0 Å². The molecule has 1 aliphatic rings. The van der Waals surface area contributed by atoms with E-state index in [9.17, 15) is 0 Å². The van der Waals surface area contributed by atoms with Crippen LogP contribution in [0.4, 0.5) is 0 Å². The first-order chi connectivity index (χ1) is 8.72. The van der Waals surface area contributed by atoms with Gasteiger partial charge in [0.15, 0.2) is 0 Å². The smallest absolute Gasteiger partial charge is 0.0844 e. The highest BCUT2D eigenvalue weighted by Gasteiger charge is 2.25. The Bertz CT molecular complexity index is 368. The average molecular weight is 247 g/mol. The van der Waals surface area contributed by atoms with E-state index in [-0.39, 0.29) is 6.10 Å². The summed E-state index contributed by atoms with van der Waals surface area (Å²) in [6, 6.07) is 7.12. The number of hydrogen-bond donors (Lipinski definition) is 1. The lowest BCUT2D eigenvalue weighted by Crippen LogP contribution is -2.36. The molecule has 18 heavy (non-hydrogen) atoms. The van der Waals surface area contributed by atoms with Gasteiger partial charge in [-0.15, -0.1) is 0 Å². The maximum atomic E-state index is 6.00. The summed E-state index contributed by atoms with van der Waals surface area (Å²) in [4.78, 5) is 0. The minimum Gasteiger partial charge on any atom is -0.373 e. The van der Waals surface area contributed by atoms with Gasteiger partial charge < -0.3 is 10.1 Å². The lowest BCUT2D eigenvalue weighted by atomic mass is 9.91. The van der Waals surface area contributed by atoms with Crippen LogP contribution in [-0.2, 0) is 4.74 Å². The normalized spacial score (nSPS) is 24.2. The van der Waals surface area contributed by atoms with Crippen molar-refractivity contribution in [2.75, 3.05) is 13.2 Å². The highest BCUT2D eigenvalue weighted by molar-refractivity contribution is 5.35. The van der Waals surface area contributed by atoms with Gasteiger partial charge in [-0.25, -0.2) is 0 Å². The van der Waals surface area contributed by atoms with Crippen LogP contribution in [0.3, 0.4) is 0 Å². The van der Waals surface area contributed by atoms with Crippen LogP contribution in [0.1, 0.15) is 49.0 Å². The van der Waals surface area contributed by atoms with Gasteiger partial charge in [0, 0.05) is 12.6 Å². The van der Waals surface area contributed by atoms with Crippen molar-refractivity contribution >= 4 is 0 Å². The Labute approximate surface area is 111 Å². The Kier molecular flexibility index (Phi) is 4.79. The molecule has 2 nitrogen and oxygen atoms in total. The molecule has 1 aromatic rings.